The average molecular weight is 276 g/mol. The maximum absolute atomic E-state index is 12.1. The van der Waals surface area contributed by atoms with Crippen molar-refractivity contribution in [3.8, 4) is 5.75 Å². The molecule has 1 aliphatic carbocycles. The second-order valence-electron chi connectivity index (χ2n) is 5.77. The number of phenols is 1. The molecular formula is C16H24N2O2. The number of aryl methyl sites for hydroxylation is 1. The summed E-state index contributed by atoms with van der Waals surface area (Å²) in [5.41, 5.74) is 7.08. The summed E-state index contributed by atoms with van der Waals surface area (Å²) in [6.07, 6.45) is 4.74. The van der Waals surface area contributed by atoms with Crippen LogP contribution in [0.1, 0.15) is 41.6 Å². The van der Waals surface area contributed by atoms with Gasteiger partial charge in [-0.15, -0.1) is 0 Å². The summed E-state index contributed by atoms with van der Waals surface area (Å²) in [6, 6.07) is 5.11. The summed E-state index contributed by atoms with van der Waals surface area (Å²) in [4.78, 5) is 12.1. The van der Waals surface area contributed by atoms with E-state index in [0.717, 1.165) is 18.4 Å². The maximum atomic E-state index is 12.1. The minimum Gasteiger partial charge on any atom is -0.507 e. The lowest BCUT2D eigenvalue weighted by Crippen LogP contribution is -2.36. The van der Waals surface area contributed by atoms with Crippen molar-refractivity contribution in [2.75, 3.05) is 13.1 Å². The molecule has 1 fully saturated rings. The standard InChI is InChI=1S/C16H24N2O2/c1-11-6-7-14(15(19)8-11)16(20)18-10-13-5-3-2-4-12(13)9-17/h6-8,12-13,19H,2-5,9-10,17H2,1H3,(H,18,20). The molecule has 2 rings (SSSR count). The van der Waals surface area contributed by atoms with Gasteiger partial charge in [-0.1, -0.05) is 18.9 Å². The van der Waals surface area contributed by atoms with E-state index in [-0.39, 0.29) is 11.7 Å². The van der Waals surface area contributed by atoms with Crippen molar-refractivity contribution in [1.29, 1.82) is 0 Å². The number of carbonyl (C=O) groups is 1. The summed E-state index contributed by atoms with van der Waals surface area (Å²) in [5.74, 6) is 0.811. The molecule has 4 nitrogen and oxygen atoms in total. The average Bonchev–Trinajstić information content (AvgIpc) is 2.45. The number of hydrogen-bond donors (Lipinski definition) is 3. The molecule has 0 saturated heterocycles. The Labute approximate surface area is 120 Å². The monoisotopic (exact) mass is 276 g/mol. The molecule has 0 aliphatic heterocycles. The number of benzene rings is 1. The van der Waals surface area contributed by atoms with Crippen molar-refractivity contribution in [2.24, 2.45) is 17.6 Å². The van der Waals surface area contributed by atoms with Gasteiger partial charge in [-0.05, 0) is 55.8 Å². The predicted molar refractivity (Wildman–Crippen MR) is 79.7 cm³/mol. The Morgan fingerprint density at radius 2 is 2.05 bits per heavy atom. The third-order valence-corrected chi connectivity index (χ3v) is 4.29. The predicted octanol–water partition coefficient (Wildman–Crippen LogP) is 2.20. The summed E-state index contributed by atoms with van der Waals surface area (Å²) >= 11 is 0. The van der Waals surface area contributed by atoms with Gasteiger partial charge in [0, 0.05) is 6.54 Å². The number of carbonyl (C=O) groups excluding carboxylic acids is 1. The molecule has 1 aromatic rings. The molecule has 4 heteroatoms. The summed E-state index contributed by atoms with van der Waals surface area (Å²) < 4.78 is 0. The van der Waals surface area contributed by atoms with E-state index in [0.29, 0.717) is 30.5 Å². The van der Waals surface area contributed by atoms with Crippen molar-refractivity contribution in [1.82, 2.24) is 5.32 Å². The maximum Gasteiger partial charge on any atom is 0.255 e. The molecule has 20 heavy (non-hydrogen) atoms. The van der Waals surface area contributed by atoms with Crippen molar-refractivity contribution < 1.29 is 9.90 Å². The van der Waals surface area contributed by atoms with E-state index in [4.69, 9.17) is 5.73 Å². The van der Waals surface area contributed by atoms with E-state index in [1.54, 1.807) is 12.1 Å². The molecule has 0 aromatic heterocycles. The Balaban J connectivity index is 1.94. The first-order chi connectivity index (χ1) is 9.61. The zero-order valence-corrected chi connectivity index (χ0v) is 12.1. The van der Waals surface area contributed by atoms with E-state index in [9.17, 15) is 9.90 Å². The van der Waals surface area contributed by atoms with Crippen LogP contribution in [0.2, 0.25) is 0 Å². The van der Waals surface area contributed by atoms with Crippen molar-refractivity contribution in [3.63, 3.8) is 0 Å². The summed E-state index contributed by atoms with van der Waals surface area (Å²) in [7, 11) is 0. The smallest absolute Gasteiger partial charge is 0.255 e. The minimum absolute atomic E-state index is 0.0431. The van der Waals surface area contributed by atoms with Crippen molar-refractivity contribution >= 4 is 5.91 Å². The Bertz CT molecular complexity index is 474. The van der Waals surface area contributed by atoms with Gasteiger partial charge in [-0.2, -0.15) is 0 Å². The second kappa shape index (κ2) is 6.75. The molecular weight excluding hydrogens is 252 g/mol. The second-order valence-corrected chi connectivity index (χ2v) is 5.77. The highest BCUT2D eigenvalue weighted by molar-refractivity contribution is 5.96. The van der Waals surface area contributed by atoms with Gasteiger partial charge in [-0.25, -0.2) is 0 Å². The van der Waals surface area contributed by atoms with Crippen molar-refractivity contribution in [3.05, 3.63) is 29.3 Å². The molecule has 110 valence electrons. The summed E-state index contributed by atoms with van der Waals surface area (Å²) in [6.45, 7) is 3.22. The van der Waals surface area contributed by atoms with Gasteiger partial charge in [0.25, 0.3) is 5.91 Å². The SMILES string of the molecule is Cc1ccc(C(=O)NCC2CCCCC2CN)c(O)c1. The van der Waals surface area contributed by atoms with Crippen LogP contribution < -0.4 is 11.1 Å². The van der Waals surface area contributed by atoms with E-state index in [2.05, 4.69) is 5.32 Å². The van der Waals surface area contributed by atoms with E-state index in [1.165, 1.54) is 12.8 Å². The van der Waals surface area contributed by atoms with Crippen LogP contribution in [0.4, 0.5) is 0 Å². The topological polar surface area (TPSA) is 75.4 Å². The van der Waals surface area contributed by atoms with Crippen LogP contribution in [0.15, 0.2) is 18.2 Å². The fourth-order valence-corrected chi connectivity index (χ4v) is 3.02. The lowest BCUT2D eigenvalue weighted by atomic mass is 9.79. The Morgan fingerprint density at radius 3 is 2.70 bits per heavy atom. The third-order valence-electron chi connectivity index (χ3n) is 4.29. The lowest BCUT2D eigenvalue weighted by molar-refractivity contribution is 0.0932. The number of rotatable bonds is 4. The molecule has 0 radical (unpaired) electrons. The summed E-state index contributed by atoms with van der Waals surface area (Å²) in [5, 5.41) is 12.8. The molecule has 1 aliphatic rings. The molecule has 1 amide bonds. The number of phenolic OH excluding ortho intramolecular Hbond substituents is 1. The number of aromatic hydroxyl groups is 1. The molecule has 2 atom stereocenters. The molecule has 1 aromatic carbocycles. The van der Waals surface area contributed by atoms with Gasteiger partial charge < -0.3 is 16.2 Å². The van der Waals surface area contributed by atoms with Crippen LogP contribution in [0.3, 0.4) is 0 Å². The van der Waals surface area contributed by atoms with Gasteiger partial charge in [0.2, 0.25) is 0 Å². The van der Waals surface area contributed by atoms with E-state index >= 15 is 0 Å². The van der Waals surface area contributed by atoms with Crippen LogP contribution in [0, 0.1) is 18.8 Å². The van der Waals surface area contributed by atoms with E-state index in [1.807, 2.05) is 13.0 Å². The number of amides is 1. The van der Waals surface area contributed by atoms with Gasteiger partial charge in [-0.3, -0.25) is 4.79 Å². The third kappa shape index (κ3) is 3.51. The number of nitrogens with one attached hydrogen (secondary N) is 1. The van der Waals surface area contributed by atoms with Crippen LogP contribution in [-0.4, -0.2) is 24.1 Å². The normalized spacial score (nSPS) is 22.5. The van der Waals surface area contributed by atoms with Gasteiger partial charge >= 0.3 is 0 Å². The van der Waals surface area contributed by atoms with Crippen LogP contribution in [0.25, 0.3) is 0 Å². The lowest BCUT2D eigenvalue weighted by Gasteiger charge is -2.30. The van der Waals surface area contributed by atoms with Crippen molar-refractivity contribution in [2.45, 2.75) is 32.6 Å². The van der Waals surface area contributed by atoms with Crippen LogP contribution >= 0.6 is 0 Å². The highest BCUT2D eigenvalue weighted by Crippen LogP contribution is 2.29. The molecule has 2 unspecified atom stereocenters. The Morgan fingerprint density at radius 1 is 1.35 bits per heavy atom. The Kier molecular flexibility index (Phi) is 5.01. The number of nitrogens with two attached hydrogens (primary N) is 1. The number of hydrogen-bond acceptors (Lipinski definition) is 3. The highest BCUT2D eigenvalue weighted by atomic mass is 16.3. The Hall–Kier alpha value is -1.55. The zero-order valence-electron chi connectivity index (χ0n) is 12.1. The highest BCUT2D eigenvalue weighted by Gasteiger charge is 2.24. The first-order valence-corrected chi connectivity index (χ1v) is 7.39. The van der Waals surface area contributed by atoms with Crippen LogP contribution in [-0.2, 0) is 0 Å². The fraction of sp³-hybridized carbons (Fsp3) is 0.562. The molecule has 0 spiro atoms. The van der Waals surface area contributed by atoms with E-state index < -0.39 is 0 Å². The largest absolute Gasteiger partial charge is 0.507 e. The first kappa shape index (κ1) is 14.9. The molecule has 0 bridgehead atoms. The zero-order chi connectivity index (χ0) is 14.5. The van der Waals surface area contributed by atoms with Gasteiger partial charge in [0.15, 0.2) is 0 Å². The molecule has 4 N–H and O–H groups in total. The molecule has 0 heterocycles. The molecule has 1 saturated carbocycles. The van der Waals surface area contributed by atoms with Gasteiger partial charge in [0.1, 0.15) is 5.75 Å². The minimum atomic E-state index is -0.205. The first-order valence-electron chi connectivity index (χ1n) is 7.39. The fourth-order valence-electron chi connectivity index (χ4n) is 3.02. The quantitative estimate of drug-likeness (QED) is 0.789. The van der Waals surface area contributed by atoms with Crippen LogP contribution in [0.5, 0.6) is 5.75 Å². The van der Waals surface area contributed by atoms with Gasteiger partial charge in [0.05, 0.1) is 5.56 Å².